The van der Waals surface area contributed by atoms with Gasteiger partial charge in [0.1, 0.15) is 16.4 Å². The Kier molecular flexibility index (Phi) is 5.58. The summed E-state index contributed by atoms with van der Waals surface area (Å²) in [7, 11) is 0. The fourth-order valence-corrected chi connectivity index (χ4v) is 5.21. The van der Waals surface area contributed by atoms with Gasteiger partial charge in [-0.05, 0) is 61.3 Å². The summed E-state index contributed by atoms with van der Waals surface area (Å²) in [6, 6.07) is 17.0. The van der Waals surface area contributed by atoms with Gasteiger partial charge in [-0.1, -0.05) is 74.9 Å². The summed E-state index contributed by atoms with van der Waals surface area (Å²) in [5.74, 6) is 0.515. The van der Waals surface area contributed by atoms with E-state index in [2.05, 4.69) is 20.8 Å². The third kappa shape index (κ3) is 3.83. The maximum atomic E-state index is 13.6. The summed E-state index contributed by atoms with van der Waals surface area (Å²) >= 11 is 11.9. The standard InChI is InChI=1S/C25H27ClN2OS/c1-24(2,3)19-13-15-25(16-14-19)27-21(17-7-5-4-6-8-17)23(30)28(25)22(29)18-9-11-20(26)12-10-18/h4-12,19H,13-16H2,1-3H3. The molecule has 1 spiro atoms. The SMILES string of the molecule is CC(C)(C)C1CCC2(CC1)N=C(c1ccccc1)C(=S)N2C(=O)c1ccc(Cl)cc1. The van der Waals surface area contributed by atoms with E-state index in [1.54, 1.807) is 29.2 Å². The van der Waals surface area contributed by atoms with Gasteiger partial charge in [-0.3, -0.25) is 14.7 Å². The number of hydrogen-bond donors (Lipinski definition) is 0. The summed E-state index contributed by atoms with van der Waals surface area (Å²) in [6.07, 6.45) is 3.71. The van der Waals surface area contributed by atoms with Crippen molar-refractivity contribution in [3.8, 4) is 0 Å². The first-order valence-corrected chi connectivity index (χ1v) is 11.3. The minimum Gasteiger partial charge on any atom is -0.271 e. The van der Waals surface area contributed by atoms with Gasteiger partial charge in [-0.2, -0.15) is 0 Å². The summed E-state index contributed by atoms with van der Waals surface area (Å²) in [5, 5.41) is 0.608. The van der Waals surface area contributed by atoms with Gasteiger partial charge in [0.05, 0.1) is 0 Å². The minimum atomic E-state index is -0.597. The lowest BCUT2D eigenvalue weighted by molar-refractivity contribution is 0.0502. The Morgan fingerprint density at radius 1 is 1.07 bits per heavy atom. The molecule has 0 radical (unpaired) electrons. The van der Waals surface area contributed by atoms with E-state index in [0.29, 0.717) is 21.5 Å². The average Bonchev–Trinajstić information content (AvgIpc) is 3.00. The molecule has 3 nitrogen and oxygen atoms in total. The molecule has 1 saturated carbocycles. The highest BCUT2D eigenvalue weighted by Crippen LogP contribution is 2.47. The molecule has 30 heavy (non-hydrogen) atoms. The molecule has 1 amide bonds. The fourth-order valence-electron chi connectivity index (χ4n) is 4.67. The van der Waals surface area contributed by atoms with Gasteiger partial charge in [0.25, 0.3) is 5.91 Å². The molecule has 5 heteroatoms. The Bertz CT molecular complexity index is 984. The molecule has 1 fully saturated rings. The topological polar surface area (TPSA) is 32.7 Å². The Morgan fingerprint density at radius 2 is 1.67 bits per heavy atom. The van der Waals surface area contributed by atoms with Crippen molar-refractivity contribution in [2.45, 2.75) is 52.1 Å². The van der Waals surface area contributed by atoms with E-state index in [9.17, 15) is 4.79 Å². The minimum absolute atomic E-state index is 0.0967. The number of aliphatic imine (C=N–C) groups is 1. The molecule has 4 rings (SSSR count). The van der Waals surface area contributed by atoms with E-state index in [1.807, 2.05) is 30.3 Å². The Morgan fingerprint density at radius 3 is 2.23 bits per heavy atom. The zero-order valence-corrected chi connectivity index (χ0v) is 19.3. The normalized spacial score (nSPS) is 24.3. The van der Waals surface area contributed by atoms with Crippen LogP contribution in [0.3, 0.4) is 0 Å². The molecule has 0 unspecified atom stereocenters. The number of carbonyl (C=O) groups is 1. The van der Waals surface area contributed by atoms with Gasteiger partial charge < -0.3 is 0 Å². The molecular weight excluding hydrogens is 412 g/mol. The van der Waals surface area contributed by atoms with Crippen LogP contribution in [0, 0.1) is 11.3 Å². The van der Waals surface area contributed by atoms with Crippen molar-refractivity contribution in [1.29, 1.82) is 0 Å². The Hall–Kier alpha value is -2.04. The van der Waals surface area contributed by atoms with Crippen LogP contribution in [0.25, 0.3) is 0 Å². The van der Waals surface area contributed by atoms with Crippen molar-refractivity contribution < 1.29 is 4.79 Å². The van der Waals surface area contributed by atoms with E-state index in [0.717, 1.165) is 37.0 Å². The zero-order valence-electron chi connectivity index (χ0n) is 17.7. The van der Waals surface area contributed by atoms with Crippen LogP contribution in [0.2, 0.25) is 5.02 Å². The van der Waals surface area contributed by atoms with E-state index < -0.39 is 5.66 Å². The van der Waals surface area contributed by atoms with Crippen LogP contribution in [0.4, 0.5) is 0 Å². The maximum absolute atomic E-state index is 13.6. The van der Waals surface area contributed by atoms with E-state index in [4.69, 9.17) is 28.8 Å². The third-order valence-electron chi connectivity index (χ3n) is 6.49. The van der Waals surface area contributed by atoms with Gasteiger partial charge in [0, 0.05) is 16.1 Å². The third-order valence-corrected chi connectivity index (χ3v) is 7.12. The number of carbonyl (C=O) groups excluding carboxylic acids is 1. The molecule has 156 valence electrons. The quantitative estimate of drug-likeness (QED) is 0.498. The van der Waals surface area contributed by atoms with Crippen LogP contribution in [0.1, 0.15) is 62.4 Å². The first-order chi connectivity index (χ1) is 14.2. The number of benzene rings is 2. The maximum Gasteiger partial charge on any atom is 0.260 e. The summed E-state index contributed by atoms with van der Waals surface area (Å²) in [4.78, 5) is 21.1. The monoisotopic (exact) mass is 438 g/mol. The molecule has 0 bridgehead atoms. The van der Waals surface area contributed by atoms with Crippen molar-refractivity contribution in [1.82, 2.24) is 4.90 Å². The van der Waals surface area contributed by atoms with Crippen molar-refractivity contribution in [3.05, 3.63) is 70.7 Å². The lowest BCUT2D eigenvalue weighted by Crippen LogP contribution is -2.52. The van der Waals surface area contributed by atoms with Crippen molar-refractivity contribution in [3.63, 3.8) is 0 Å². The molecule has 0 N–H and O–H groups in total. The molecule has 0 atom stereocenters. The van der Waals surface area contributed by atoms with E-state index >= 15 is 0 Å². The number of rotatable bonds is 2. The van der Waals surface area contributed by atoms with Crippen LogP contribution >= 0.6 is 23.8 Å². The van der Waals surface area contributed by atoms with Crippen molar-refractivity contribution >= 4 is 40.4 Å². The predicted molar refractivity (Wildman–Crippen MR) is 127 cm³/mol. The van der Waals surface area contributed by atoms with Gasteiger partial charge in [-0.15, -0.1) is 0 Å². The van der Waals surface area contributed by atoms with Crippen molar-refractivity contribution in [2.24, 2.45) is 16.3 Å². The van der Waals surface area contributed by atoms with Gasteiger partial charge in [0.2, 0.25) is 0 Å². The van der Waals surface area contributed by atoms with Crippen LogP contribution in [0.5, 0.6) is 0 Å². The number of amides is 1. The zero-order chi connectivity index (χ0) is 21.5. The predicted octanol–water partition coefficient (Wildman–Crippen LogP) is 6.55. The Balaban J connectivity index is 1.73. The molecule has 2 aromatic carbocycles. The first kappa shape index (κ1) is 21.2. The summed E-state index contributed by atoms with van der Waals surface area (Å²) in [6.45, 7) is 6.89. The first-order valence-electron chi connectivity index (χ1n) is 10.5. The largest absolute Gasteiger partial charge is 0.271 e. The average molecular weight is 439 g/mol. The Labute approximate surface area is 189 Å². The van der Waals surface area contributed by atoms with Gasteiger partial charge in [0.15, 0.2) is 0 Å². The second-order valence-corrected chi connectivity index (χ2v) is 10.2. The van der Waals surface area contributed by atoms with E-state index in [-0.39, 0.29) is 11.3 Å². The molecular formula is C25H27ClN2OS. The lowest BCUT2D eigenvalue weighted by Gasteiger charge is -2.44. The smallest absolute Gasteiger partial charge is 0.260 e. The van der Waals surface area contributed by atoms with Crippen LogP contribution in [-0.4, -0.2) is 27.2 Å². The molecule has 1 heterocycles. The van der Waals surface area contributed by atoms with Gasteiger partial charge in [-0.25, -0.2) is 0 Å². The molecule has 2 aliphatic rings. The molecule has 0 aromatic heterocycles. The highest BCUT2D eigenvalue weighted by molar-refractivity contribution is 7.82. The summed E-state index contributed by atoms with van der Waals surface area (Å²) < 4.78 is 0. The molecule has 2 aromatic rings. The second-order valence-electron chi connectivity index (χ2n) is 9.40. The number of hydrogen-bond acceptors (Lipinski definition) is 3. The van der Waals surface area contributed by atoms with Crippen LogP contribution in [0.15, 0.2) is 59.6 Å². The molecule has 1 aliphatic heterocycles. The number of halogens is 1. The lowest BCUT2D eigenvalue weighted by atomic mass is 9.69. The van der Waals surface area contributed by atoms with Crippen LogP contribution < -0.4 is 0 Å². The summed E-state index contributed by atoms with van der Waals surface area (Å²) in [5.41, 5.74) is 1.95. The number of nitrogens with zero attached hydrogens (tertiary/aromatic N) is 2. The fraction of sp³-hybridized carbons (Fsp3) is 0.400. The molecule has 1 aliphatic carbocycles. The van der Waals surface area contributed by atoms with E-state index in [1.165, 1.54) is 0 Å². The van der Waals surface area contributed by atoms with Gasteiger partial charge >= 0.3 is 0 Å². The second kappa shape index (κ2) is 7.90. The highest BCUT2D eigenvalue weighted by Gasteiger charge is 2.51. The number of thiocarbonyl (C=S) groups is 1. The molecule has 0 saturated heterocycles. The highest BCUT2D eigenvalue weighted by atomic mass is 35.5. The van der Waals surface area contributed by atoms with Crippen LogP contribution in [-0.2, 0) is 0 Å². The van der Waals surface area contributed by atoms with Crippen molar-refractivity contribution in [2.75, 3.05) is 0 Å².